The average Bonchev–Trinajstić information content (AvgIpc) is 2.37. The molecule has 1 N–H and O–H groups in total. The Morgan fingerprint density at radius 2 is 1.89 bits per heavy atom. The molecule has 18 heavy (non-hydrogen) atoms. The molecule has 0 radical (unpaired) electrons. The number of aryl methyl sites for hydroxylation is 3. The van der Waals surface area contributed by atoms with Gasteiger partial charge in [-0.3, -0.25) is 9.97 Å². The number of nitrogens with zero attached hydrogens (tertiary/aromatic N) is 4. The smallest absolute Gasteiger partial charge is 0.130 e. The number of hydrogen-bond donors (Lipinski definition) is 1. The van der Waals surface area contributed by atoms with Crippen molar-refractivity contribution in [3.63, 3.8) is 0 Å². The maximum Gasteiger partial charge on any atom is 0.130 e. The van der Waals surface area contributed by atoms with E-state index in [1.165, 1.54) is 0 Å². The van der Waals surface area contributed by atoms with Crippen LogP contribution in [0.5, 0.6) is 0 Å². The molecule has 0 saturated heterocycles. The predicted octanol–water partition coefficient (Wildman–Crippen LogP) is 2.06. The van der Waals surface area contributed by atoms with Gasteiger partial charge in [-0.15, -0.1) is 0 Å². The molecule has 0 atom stereocenters. The maximum atomic E-state index is 4.34. The van der Waals surface area contributed by atoms with E-state index in [4.69, 9.17) is 0 Å². The van der Waals surface area contributed by atoms with Crippen LogP contribution >= 0.6 is 0 Å². The zero-order valence-corrected chi connectivity index (χ0v) is 10.9. The first-order valence-corrected chi connectivity index (χ1v) is 6.03. The van der Waals surface area contributed by atoms with Crippen molar-refractivity contribution in [1.82, 2.24) is 19.9 Å². The van der Waals surface area contributed by atoms with Gasteiger partial charge in [-0.1, -0.05) is 6.92 Å². The van der Waals surface area contributed by atoms with Crippen LogP contribution in [0.25, 0.3) is 0 Å². The van der Waals surface area contributed by atoms with E-state index in [0.29, 0.717) is 6.54 Å². The summed E-state index contributed by atoms with van der Waals surface area (Å²) in [4.78, 5) is 17.2. The molecule has 0 aromatic carbocycles. The molecule has 0 aliphatic rings. The molecule has 5 heteroatoms. The van der Waals surface area contributed by atoms with Crippen molar-refractivity contribution in [2.45, 2.75) is 33.7 Å². The first kappa shape index (κ1) is 12.4. The van der Waals surface area contributed by atoms with E-state index in [0.717, 1.165) is 35.1 Å². The third kappa shape index (κ3) is 3.23. The molecule has 2 aromatic rings. The number of rotatable bonds is 4. The minimum absolute atomic E-state index is 0.618. The van der Waals surface area contributed by atoms with E-state index < -0.39 is 0 Å². The van der Waals surface area contributed by atoms with E-state index in [1.54, 1.807) is 12.4 Å². The number of nitrogens with one attached hydrogen (secondary N) is 1. The predicted molar refractivity (Wildman–Crippen MR) is 70.2 cm³/mol. The molecule has 0 spiro atoms. The first-order chi connectivity index (χ1) is 8.67. The largest absolute Gasteiger partial charge is 0.364 e. The second-order valence-electron chi connectivity index (χ2n) is 4.15. The van der Waals surface area contributed by atoms with Gasteiger partial charge in [0.1, 0.15) is 11.6 Å². The van der Waals surface area contributed by atoms with Crippen molar-refractivity contribution in [2.75, 3.05) is 5.32 Å². The summed E-state index contributed by atoms with van der Waals surface area (Å²) in [5.41, 5.74) is 2.86. The topological polar surface area (TPSA) is 63.6 Å². The van der Waals surface area contributed by atoms with Crippen molar-refractivity contribution in [3.8, 4) is 0 Å². The average molecular weight is 243 g/mol. The molecule has 5 nitrogen and oxygen atoms in total. The molecular formula is C13H17N5. The van der Waals surface area contributed by atoms with E-state index >= 15 is 0 Å². The molecule has 0 unspecified atom stereocenters. The molecule has 0 bridgehead atoms. The van der Waals surface area contributed by atoms with Gasteiger partial charge in [-0.2, -0.15) is 0 Å². The van der Waals surface area contributed by atoms with Crippen LogP contribution in [0.15, 0.2) is 18.5 Å². The standard InChI is InChI=1S/C13H17N5/c1-4-11-5-13(18-10(3)17-11)16-8-12-7-14-9(2)6-15-12/h5-7H,4,8H2,1-3H3,(H,16,17,18). The van der Waals surface area contributed by atoms with Gasteiger partial charge in [0, 0.05) is 18.0 Å². The van der Waals surface area contributed by atoms with Gasteiger partial charge in [-0.05, 0) is 20.3 Å². The van der Waals surface area contributed by atoms with Crippen molar-refractivity contribution in [3.05, 3.63) is 41.4 Å². The molecule has 0 saturated carbocycles. The number of hydrogen-bond acceptors (Lipinski definition) is 5. The monoisotopic (exact) mass is 243 g/mol. The summed E-state index contributed by atoms with van der Waals surface area (Å²) in [7, 11) is 0. The summed E-state index contributed by atoms with van der Waals surface area (Å²) < 4.78 is 0. The van der Waals surface area contributed by atoms with Crippen LogP contribution in [0.3, 0.4) is 0 Å². The van der Waals surface area contributed by atoms with Gasteiger partial charge in [0.15, 0.2) is 0 Å². The van der Waals surface area contributed by atoms with Crippen molar-refractivity contribution >= 4 is 5.82 Å². The van der Waals surface area contributed by atoms with E-state index in [9.17, 15) is 0 Å². The Hall–Kier alpha value is -2.04. The van der Waals surface area contributed by atoms with Crippen LogP contribution in [0, 0.1) is 13.8 Å². The van der Waals surface area contributed by atoms with Crippen molar-refractivity contribution in [2.24, 2.45) is 0 Å². The van der Waals surface area contributed by atoms with Gasteiger partial charge in [0.2, 0.25) is 0 Å². The molecule has 0 amide bonds. The lowest BCUT2D eigenvalue weighted by Gasteiger charge is -2.07. The Morgan fingerprint density at radius 1 is 1.06 bits per heavy atom. The van der Waals surface area contributed by atoms with Crippen LogP contribution in [0.2, 0.25) is 0 Å². The fourth-order valence-electron chi connectivity index (χ4n) is 1.59. The second kappa shape index (κ2) is 5.53. The number of anilines is 1. The molecule has 2 rings (SSSR count). The molecule has 0 aliphatic carbocycles. The van der Waals surface area contributed by atoms with Crippen LogP contribution in [-0.2, 0) is 13.0 Å². The van der Waals surface area contributed by atoms with Crippen LogP contribution in [0.1, 0.15) is 29.8 Å². The highest BCUT2D eigenvalue weighted by molar-refractivity contribution is 5.36. The van der Waals surface area contributed by atoms with Crippen LogP contribution in [0.4, 0.5) is 5.82 Å². The molecule has 2 heterocycles. The third-order valence-electron chi connectivity index (χ3n) is 2.54. The van der Waals surface area contributed by atoms with Crippen LogP contribution < -0.4 is 5.32 Å². The summed E-state index contributed by atoms with van der Waals surface area (Å²) in [5.74, 6) is 1.62. The molecule has 0 aliphatic heterocycles. The Bertz CT molecular complexity index is 521. The second-order valence-corrected chi connectivity index (χ2v) is 4.15. The quantitative estimate of drug-likeness (QED) is 0.890. The highest BCUT2D eigenvalue weighted by atomic mass is 15.0. The Balaban J connectivity index is 2.05. The normalized spacial score (nSPS) is 10.4. The maximum absolute atomic E-state index is 4.34. The summed E-state index contributed by atoms with van der Waals surface area (Å²) in [6, 6.07) is 1.97. The molecular weight excluding hydrogens is 226 g/mol. The SMILES string of the molecule is CCc1cc(NCc2cnc(C)cn2)nc(C)n1. The Morgan fingerprint density at radius 3 is 2.56 bits per heavy atom. The Labute approximate surface area is 107 Å². The van der Waals surface area contributed by atoms with E-state index in [1.807, 2.05) is 19.9 Å². The third-order valence-corrected chi connectivity index (χ3v) is 2.54. The molecule has 2 aromatic heterocycles. The number of aromatic nitrogens is 4. The summed E-state index contributed by atoms with van der Waals surface area (Å²) in [5, 5.41) is 3.24. The summed E-state index contributed by atoms with van der Waals surface area (Å²) in [6.45, 7) is 6.52. The van der Waals surface area contributed by atoms with Crippen LogP contribution in [-0.4, -0.2) is 19.9 Å². The lowest BCUT2D eigenvalue weighted by Crippen LogP contribution is -2.06. The summed E-state index contributed by atoms with van der Waals surface area (Å²) >= 11 is 0. The fourth-order valence-corrected chi connectivity index (χ4v) is 1.59. The van der Waals surface area contributed by atoms with Gasteiger partial charge in [0.05, 0.1) is 24.1 Å². The highest BCUT2D eigenvalue weighted by Crippen LogP contribution is 2.08. The molecule has 0 fully saturated rings. The minimum Gasteiger partial charge on any atom is -0.364 e. The van der Waals surface area contributed by atoms with Gasteiger partial charge in [-0.25, -0.2) is 9.97 Å². The first-order valence-electron chi connectivity index (χ1n) is 6.03. The van der Waals surface area contributed by atoms with E-state index in [2.05, 4.69) is 32.2 Å². The van der Waals surface area contributed by atoms with Gasteiger partial charge < -0.3 is 5.32 Å². The summed E-state index contributed by atoms with van der Waals surface area (Å²) in [6.07, 6.45) is 4.44. The van der Waals surface area contributed by atoms with E-state index in [-0.39, 0.29) is 0 Å². The fraction of sp³-hybridized carbons (Fsp3) is 0.385. The van der Waals surface area contributed by atoms with Gasteiger partial charge >= 0.3 is 0 Å². The van der Waals surface area contributed by atoms with Gasteiger partial charge in [0.25, 0.3) is 0 Å². The molecule has 94 valence electrons. The van der Waals surface area contributed by atoms with Crippen molar-refractivity contribution in [1.29, 1.82) is 0 Å². The highest BCUT2D eigenvalue weighted by Gasteiger charge is 2.01. The zero-order valence-electron chi connectivity index (χ0n) is 10.9. The zero-order chi connectivity index (χ0) is 13.0. The lowest BCUT2D eigenvalue weighted by atomic mass is 10.3. The lowest BCUT2D eigenvalue weighted by molar-refractivity contribution is 0.928. The van der Waals surface area contributed by atoms with Crippen molar-refractivity contribution < 1.29 is 0 Å². The minimum atomic E-state index is 0.618. The Kier molecular flexibility index (Phi) is 3.82.